The molecule has 0 bridgehead atoms. The molecule has 0 radical (unpaired) electrons. The number of rotatable bonds is 8. The number of nitrogens with zero attached hydrogens (tertiary/aromatic N) is 3. The largest absolute Gasteiger partial charge is 0.384 e. The summed E-state index contributed by atoms with van der Waals surface area (Å²) in [5.74, 6) is 1.33. The van der Waals surface area contributed by atoms with E-state index < -0.39 is 0 Å². The first-order chi connectivity index (χ1) is 8.74. The summed E-state index contributed by atoms with van der Waals surface area (Å²) in [6.45, 7) is 4.65. The lowest BCUT2D eigenvalue weighted by Gasteiger charge is -2.12. The standard InChI is InChI=1S/C13H24N4O/c1-10(9-18-3)8-17-13(6-11-4-5-11)12(7-14-2)15-16-17/h10-11,14H,4-9H2,1-3H3. The van der Waals surface area contributed by atoms with Crippen molar-refractivity contribution in [2.45, 2.75) is 39.3 Å². The topological polar surface area (TPSA) is 52.0 Å². The predicted octanol–water partition coefficient (Wildman–Crippen LogP) is 1.23. The van der Waals surface area contributed by atoms with E-state index in [0.29, 0.717) is 5.92 Å². The lowest BCUT2D eigenvalue weighted by molar-refractivity contribution is 0.148. The SMILES string of the molecule is CNCc1nnn(CC(C)COC)c1CC1CC1. The summed E-state index contributed by atoms with van der Waals surface area (Å²) in [5, 5.41) is 11.8. The average molecular weight is 252 g/mol. The minimum atomic E-state index is 0.470. The van der Waals surface area contributed by atoms with Crippen LogP contribution in [0, 0.1) is 11.8 Å². The van der Waals surface area contributed by atoms with Gasteiger partial charge in [-0.3, -0.25) is 0 Å². The van der Waals surface area contributed by atoms with Gasteiger partial charge in [0.15, 0.2) is 0 Å². The van der Waals surface area contributed by atoms with E-state index in [9.17, 15) is 0 Å². The molecule has 2 rings (SSSR count). The molecule has 0 aliphatic heterocycles. The van der Waals surface area contributed by atoms with Crippen LogP contribution in [0.1, 0.15) is 31.2 Å². The molecule has 1 N–H and O–H groups in total. The van der Waals surface area contributed by atoms with Crippen molar-refractivity contribution in [3.8, 4) is 0 Å². The summed E-state index contributed by atoms with van der Waals surface area (Å²) in [4.78, 5) is 0. The maximum atomic E-state index is 5.19. The van der Waals surface area contributed by atoms with Crippen LogP contribution in [0.4, 0.5) is 0 Å². The van der Waals surface area contributed by atoms with E-state index in [1.807, 2.05) is 7.05 Å². The van der Waals surface area contributed by atoms with Gasteiger partial charge >= 0.3 is 0 Å². The Morgan fingerprint density at radius 2 is 2.28 bits per heavy atom. The molecule has 18 heavy (non-hydrogen) atoms. The van der Waals surface area contributed by atoms with E-state index in [2.05, 4.69) is 27.2 Å². The fraction of sp³-hybridized carbons (Fsp3) is 0.846. The van der Waals surface area contributed by atoms with Gasteiger partial charge < -0.3 is 10.1 Å². The molecule has 1 aromatic rings. The Labute approximate surface area is 109 Å². The smallest absolute Gasteiger partial charge is 0.0996 e. The first kappa shape index (κ1) is 13.5. The molecule has 0 aromatic carbocycles. The van der Waals surface area contributed by atoms with Crippen molar-refractivity contribution in [1.82, 2.24) is 20.3 Å². The molecule has 1 aliphatic rings. The van der Waals surface area contributed by atoms with Crippen LogP contribution in [0.25, 0.3) is 0 Å². The van der Waals surface area contributed by atoms with Gasteiger partial charge in [0.05, 0.1) is 18.0 Å². The summed E-state index contributed by atoms with van der Waals surface area (Å²) in [7, 11) is 3.70. The van der Waals surface area contributed by atoms with E-state index in [4.69, 9.17) is 4.74 Å². The first-order valence-electron chi connectivity index (χ1n) is 6.79. The highest BCUT2D eigenvalue weighted by Gasteiger charge is 2.26. The van der Waals surface area contributed by atoms with E-state index >= 15 is 0 Å². The Kier molecular flexibility index (Phi) is 4.72. The maximum absolute atomic E-state index is 5.19. The number of methoxy groups -OCH3 is 1. The fourth-order valence-electron chi connectivity index (χ4n) is 2.27. The molecule has 0 spiro atoms. The molecule has 0 amide bonds. The minimum Gasteiger partial charge on any atom is -0.384 e. The van der Waals surface area contributed by atoms with E-state index in [1.54, 1.807) is 7.11 Å². The lowest BCUT2D eigenvalue weighted by Crippen LogP contribution is -2.17. The van der Waals surface area contributed by atoms with Gasteiger partial charge in [0.2, 0.25) is 0 Å². The molecule has 1 aliphatic carbocycles. The molecule has 1 atom stereocenters. The number of ether oxygens (including phenoxy) is 1. The molecule has 1 fully saturated rings. The van der Waals surface area contributed by atoms with Gasteiger partial charge in [-0.05, 0) is 38.1 Å². The third kappa shape index (κ3) is 3.53. The minimum absolute atomic E-state index is 0.470. The Balaban J connectivity index is 2.06. The molecule has 5 nitrogen and oxygen atoms in total. The van der Waals surface area contributed by atoms with Crippen molar-refractivity contribution in [1.29, 1.82) is 0 Å². The molecule has 1 saturated carbocycles. The first-order valence-corrected chi connectivity index (χ1v) is 6.79. The van der Waals surface area contributed by atoms with E-state index in [-0.39, 0.29) is 0 Å². The second-order valence-corrected chi connectivity index (χ2v) is 5.40. The summed E-state index contributed by atoms with van der Waals surface area (Å²) in [6, 6.07) is 0. The Bertz CT molecular complexity index is 373. The van der Waals surface area contributed by atoms with Gasteiger partial charge in [0.1, 0.15) is 0 Å². The number of nitrogens with one attached hydrogen (secondary N) is 1. The third-order valence-electron chi connectivity index (χ3n) is 3.38. The van der Waals surface area contributed by atoms with Crippen molar-refractivity contribution < 1.29 is 4.74 Å². The molecule has 1 heterocycles. The van der Waals surface area contributed by atoms with Crippen LogP contribution >= 0.6 is 0 Å². The van der Waals surface area contributed by atoms with E-state index in [0.717, 1.165) is 37.7 Å². The maximum Gasteiger partial charge on any atom is 0.0996 e. The predicted molar refractivity (Wildman–Crippen MR) is 70.3 cm³/mol. The zero-order chi connectivity index (χ0) is 13.0. The highest BCUT2D eigenvalue weighted by atomic mass is 16.5. The highest BCUT2D eigenvalue weighted by molar-refractivity contribution is 5.12. The normalized spacial score (nSPS) is 17.1. The average Bonchev–Trinajstić information content (AvgIpc) is 3.08. The Morgan fingerprint density at radius 3 is 2.89 bits per heavy atom. The van der Waals surface area contributed by atoms with Crippen LogP contribution in [-0.2, 0) is 24.2 Å². The summed E-state index contributed by atoms with van der Waals surface area (Å²) in [6.07, 6.45) is 3.85. The molecular formula is C13H24N4O. The van der Waals surface area contributed by atoms with Crippen LogP contribution in [0.15, 0.2) is 0 Å². The van der Waals surface area contributed by atoms with Crippen molar-refractivity contribution in [3.63, 3.8) is 0 Å². The van der Waals surface area contributed by atoms with Gasteiger partial charge in [0.25, 0.3) is 0 Å². The van der Waals surface area contributed by atoms with Crippen molar-refractivity contribution in [2.75, 3.05) is 20.8 Å². The molecule has 5 heteroatoms. The number of hydrogen-bond acceptors (Lipinski definition) is 4. The molecule has 1 aromatic heterocycles. The lowest BCUT2D eigenvalue weighted by atomic mass is 10.1. The van der Waals surface area contributed by atoms with Crippen LogP contribution in [0.5, 0.6) is 0 Å². The van der Waals surface area contributed by atoms with Crippen LogP contribution in [0.3, 0.4) is 0 Å². The van der Waals surface area contributed by atoms with Gasteiger partial charge in [-0.2, -0.15) is 0 Å². The molecular weight excluding hydrogens is 228 g/mol. The summed E-state index contributed by atoms with van der Waals surface area (Å²) in [5.41, 5.74) is 2.42. The van der Waals surface area contributed by atoms with Crippen molar-refractivity contribution >= 4 is 0 Å². The van der Waals surface area contributed by atoms with Crippen LogP contribution < -0.4 is 5.32 Å². The monoisotopic (exact) mass is 252 g/mol. The highest BCUT2D eigenvalue weighted by Crippen LogP contribution is 2.33. The van der Waals surface area contributed by atoms with Gasteiger partial charge in [-0.15, -0.1) is 5.10 Å². The Hall–Kier alpha value is -0.940. The zero-order valence-electron chi connectivity index (χ0n) is 11.6. The molecule has 102 valence electrons. The van der Waals surface area contributed by atoms with Gasteiger partial charge in [-0.25, -0.2) is 4.68 Å². The van der Waals surface area contributed by atoms with E-state index in [1.165, 1.54) is 18.5 Å². The Morgan fingerprint density at radius 1 is 1.50 bits per heavy atom. The second kappa shape index (κ2) is 6.29. The fourth-order valence-corrected chi connectivity index (χ4v) is 2.27. The molecule has 0 saturated heterocycles. The summed E-state index contributed by atoms with van der Waals surface area (Å²) < 4.78 is 7.27. The van der Waals surface area contributed by atoms with Gasteiger partial charge in [-0.1, -0.05) is 12.1 Å². The quantitative estimate of drug-likeness (QED) is 0.756. The molecule has 1 unspecified atom stereocenters. The van der Waals surface area contributed by atoms with Crippen LogP contribution in [-0.4, -0.2) is 35.8 Å². The third-order valence-corrected chi connectivity index (χ3v) is 3.38. The van der Waals surface area contributed by atoms with Gasteiger partial charge in [0, 0.05) is 20.2 Å². The summed E-state index contributed by atoms with van der Waals surface area (Å²) >= 11 is 0. The second-order valence-electron chi connectivity index (χ2n) is 5.40. The zero-order valence-corrected chi connectivity index (χ0v) is 11.6. The van der Waals surface area contributed by atoms with Crippen molar-refractivity contribution in [3.05, 3.63) is 11.4 Å². The van der Waals surface area contributed by atoms with Crippen molar-refractivity contribution in [2.24, 2.45) is 11.8 Å². The van der Waals surface area contributed by atoms with Crippen LogP contribution in [0.2, 0.25) is 0 Å². The number of hydrogen-bond donors (Lipinski definition) is 1. The number of aromatic nitrogens is 3.